The van der Waals surface area contributed by atoms with E-state index in [9.17, 15) is 9.59 Å². The van der Waals surface area contributed by atoms with E-state index in [0.717, 1.165) is 16.7 Å². The standard InChI is InChI=1S/C28H31NO3S/c1-6-32-28(31)26-24(23-14-12-22(13-15-23)19(4)5)17-33-27(26)29-25(30)16-9-20-7-10-21(11-8-20)18(2)3/h7-19H,6H2,1-5H3,(H,29,30)/b16-9+. The number of carbonyl (C=O) groups is 2. The minimum absolute atomic E-state index is 0.264. The summed E-state index contributed by atoms with van der Waals surface area (Å²) in [5.41, 5.74) is 5.49. The molecule has 3 aromatic rings. The van der Waals surface area contributed by atoms with Gasteiger partial charge in [-0.3, -0.25) is 4.79 Å². The number of carbonyl (C=O) groups excluding carboxylic acids is 2. The molecular formula is C28H31NO3S. The van der Waals surface area contributed by atoms with E-state index in [4.69, 9.17) is 4.74 Å². The number of ether oxygens (including phenoxy) is 1. The maximum Gasteiger partial charge on any atom is 0.341 e. The van der Waals surface area contributed by atoms with Crippen molar-refractivity contribution in [1.82, 2.24) is 0 Å². The molecule has 3 rings (SSSR count). The van der Waals surface area contributed by atoms with Crippen LogP contribution in [0, 0.1) is 0 Å². The van der Waals surface area contributed by atoms with Crippen LogP contribution in [0.1, 0.15) is 73.5 Å². The zero-order valence-electron chi connectivity index (χ0n) is 19.8. The molecule has 0 spiro atoms. The molecule has 0 atom stereocenters. The second-order valence-electron chi connectivity index (χ2n) is 8.49. The molecule has 0 saturated heterocycles. The van der Waals surface area contributed by atoms with Crippen LogP contribution in [0.15, 0.2) is 60.0 Å². The third kappa shape index (κ3) is 6.20. The molecule has 0 radical (unpaired) electrons. The Morgan fingerprint density at radius 3 is 2.06 bits per heavy atom. The van der Waals surface area contributed by atoms with E-state index in [1.54, 1.807) is 13.0 Å². The summed E-state index contributed by atoms with van der Waals surface area (Å²) in [5.74, 6) is 0.152. The van der Waals surface area contributed by atoms with Crippen molar-refractivity contribution >= 4 is 34.3 Å². The van der Waals surface area contributed by atoms with Crippen molar-refractivity contribution in [1.29, 1.82) is 0 Å². The molecule has 1 heterocycles. The van der Waals surface area contributed by atoms with Gasteiger partial charge in [-0.2, -0.15) is 0 Å². The number of anilines is 1. The highest BCUT2D eigenvalue weighted by Gasteiger charge is 2.22. The number of thiophene rings is 1. The lowest BCUT2D eigenvalue weighted by Gasteiger charge is -2.09. The van der Waals surface area contributed by atoms with Crippen LogP contribution in [-0.4, -0.2) is 18.5 Å². The average Bonchev–Trinajstić information content (AvgIpc) is 3.21. The topological polar surface area (TPSA) is 55.4 Å². The van der Waals surface area contributed by atoms with E-state index in [2.05, 4.69) is 57.3 Å². The van der Waals surface area contributed by atoms with Crippen LogP contribution < -0.4 is 5.32 Å². The molecule has 0 aliphatic carbocycles. The second-order valence-corrected chi connectivity index (χ2v) is 9.37. The summed E-state index contributed by atoms with van der Waals surface area (Å²) in [6.07, 6.45) is 3.25. The summed E-state index contributed by atoms with van der Waals surface area (Å²) in [6, 6.07) is 16.3. The molecule has 1 amide bonds. The molecule has 1 aromatic heterocycles. The van der Waals surface area contributed by atoms with Gasteiger partial charge in [0.2, 0.25) is 5.91 Å². The molecule has 0 aliphatic rings. The Bertz CT molecular complexity index is 1120. The van der Waals surface area contributed by atoms with Crippen molar-refractivity contribution < 1.29 is 14.3 Å². The number of hydrogen-bond donors (Lipinski definition) is 1. The van der Waals surface area contributed by atoms with Gasteiger partial charge in [-0.05, 0) is 47.1 Å². The number of benzene rings is 2. The van der Waals surface area contributed by atoms with E-state index in [1.807, 2.05) is 29.6 Å². The Hall–Kier alpha value is -3.18. The molecule has 0 bridgehead atoms. The Balaban J connectivity index is 1.83. The molecule has 0 saturated carbocycles. The monoisotopic (exact) mass is 461 g/mol. The second kappa shape index (κ2) is 11.1. The van der Waals surface area contributed by atoms with Gasteiger partial charge in [-0.15, -0.1) is 11.3 Å². The van der Waals surface area contributed by atoms with Crippen molar-refractivity contribution in [2.75, 3.05) is 11.9 Å². The van der Waals surface area contributed by atoms with Crippen molar-refractivity contribution in [3.8, 4) is 11.1 Å². The zero-order valence-corrected chi connectivity index (χ0v) is 20.7. The van der Waals surface area contributed by atoms with Crippen LogP contribution in [0.2, 0.25) is 0 Å². The number of esters is 1. The predicted octanol–water partition coefficient (Wildman–Crippen LogP) is 7.49. The summed E-state index contributed by atoms with van der Waals surface area (Å²) < 4.78 is 5.29. The van der Waals surface area contributed by atoms with Crippen molar-refractivity contribution in [2.24, 2.45) is 0 Å². The van der Waals surface area contributed by atoms with Crippen LogP contribution in [-0.2, 0) is 9.53 Å². The predicted molar refractivity (Wildman–Crippen MR) is 138 cm³/mol. The summed E-state index contributed by atoms with van der Waals surface area (Å²) >= 11 is 1.32. The molecular weight excluding hydrogens is 430 g/mol. The van der Waals surface area contributed by atoms with Crippen molar-refractivity contribution in [2.45, 2.75) is 46.5 Å². The quantitative estimate of drug-likeness (QED) is 0.279. The molecule has 33 heavy (non-hydrogen) atoms. The molecule has 5 heteroatoms. The summed E-state index contributed by atoms with van der Waals surface area (Å²) in [4.78, 5) is 25.4. The van der Waals surface area contributed by atoms with Gasteiger partial charge < -0.3 is 10.1 Å². The van der Waals surface area contributed by atoms with E-state index < -0.39 is 5.97 Å². The Kier molecular flexibility index (Phi) is 8.23. The van der Waals surface area contributed by atoms with Crippen LogP contribution >= 0.6 is 11.3 Å². The van der Waals surface area contributed by atoms with Gasteiger partial charge in [-0.1, -0.05) is 76.2 Å². The van der Waals surface area contributed by atoms with E-state index in [-0.39, 0.29) is 12.5 Å². The fraction of sp³-hybridized carbons (Fsp3) is 0.286. The Morgan fingerprint density at radius 1 is 0.939 bits per heavy atom. The van der Waals surface area contributed by atoms with Gasteiger partial charge in [-0.25, -0.2) is 4.79 Å². The summed E-state index contributed by atoms with van der Waals surface area (Å²) in [6.45, 7) is 10.6. The van der Waals surface area contributed by atoms with Gasteiger partial charge in [0.1, 0.15) is 10.6 Å². The Morgan fingerprint density at radius 2 is 1.52 bits per heavy atom. The fourth-order valence-electron chi connectivity index (χ4n) is 3.43. The van der Waals surface area contributed by atoms with Crippen molar-refractivity contribution in [3.05, 3.63) is 82.2 Å². The van der Waals surface area contributed by atoms with Crippen LogP contribution in [0.4, 0.5) is 5.00 Å². The van der Waals surface area contributed by atoms with Crippen LogP contribution in [0.25, 0.3) is 17.2 Å². The maximum atomic E-state index is 12.8. The smallest absolute Gasteiger partial charge is 0.341 e. The third-order valence-corrected chi connectivity index (χ3v) is 6.32. The van der Waals surface area contributed by atoms with Crippen molar-refractivity contribution in [3.63, 3.8) is 0 Å². The number of nitrogens with one attached hydrogen (secondary N) is 1. The van der Waals surface area contributed by atoms with Crippen LogP contribution in [0.3, 0.4) is 0 Å². The number of amides is 1. The lowest BCUT2D eigenvalue weighted by atomic mass is 9.98. The normalized spacial score (nSPS) is 11.4. The largest absolute Gasteiger partial charge is 0.462 e. The van der Waals surface area contributed by atoms with Gasteiger partial charge in [0.15, 0.2) is 0 Å². The van der Waals surface area contributed by atoms with Crippen LogP contribution in [0.5, 0.6) is 0 Å². The lowest BCUT2D eigenvalue weighted by molar-refractivity contribution is -0.111. The van der Waals surface area contributed by atoms with E-state index in [0.29, 0.717) is 22.4 Å². The first-order chi connectivity index (χ1) is 15.8. The Labute approximate surface area is 200 Å². The molecule has 0 aliphatic heterocycles. The van der Waals surface area contributed by atoms with E-state index >= 15 is 0 Å². The third-order valence-electron chi connectivity index (χ3n) is 5.43. The first kappa shape index (κ1) is 24.5. The molecule has 0 fully saturated rings. The highest BCUT2D eigenvalue weighted by atomic mass is 32.1. The first-order valence-electron chi connectivity index (χ1n) is 11.3. The lowest BCUT2D eigenvalue weighted by Crippen LogP contribution is -2.12. The fourth-order valence-corrected chi connectivity index (χ4v) is 4.39. The zero-order chi connectivity index (χ0) is 24.0. The number of hydrogen-bond acceptors (Lipinski definition) is 4. The maximum absolute atomic E-state index is 12.8. The summed E-state index contributed by atoms with van der Waals surface area (Å²) in [5, 5.41) is 5.24. The molecule has 4 nitrogen and oxygen atoms in total. The molecule has 2 aromatic carbocycles. The van der Waals surface area contributed by atoms with Gasteiger partial charge in [0, 0.05) is 17.0 Å². The highest BCUT2D eigenvalue weighted by molar-refractivity contribution is 7.15. The van der Waals surface area contributed by atoms with Gasteiger partial charge >= 0.3 is 5.97 Å². The minimum Gasteiger partial charge on any atom is -0.462 e. The van der Waals surface area contributed by atoms with E-state index in [1.165, 1.54) is 28.5 Å². The molecule has 1 N–H and O–H groups in total. The molecule has 0 unspecified atom stereocenters. The minimum atomic E-state index is -0.440. The number of rotatable bonds is 8. The first-order valence-corrected chi connectivity index (χ1v) is 12.2. The van der Waals surface area contributed by atoms with Gasteiger partial charge in [0.05, 0.1) is 6.61 Å². The van der Waals surface area contributed by atoms with Gasteiger partial charge in [0.25, 0.3) is 0 Å². The molecule has 172 valence electrons. The summed E-state index contributed by atoms with van der Waals surface area (Å²) in [7, 11) is 0. The SMILES string of the molecule is CCOC(=O)c1c(-c2ccc(C(C)C)cc2)csc1NC(=O)/C=C/c1ccc(C(C)C)cc1. The highest BCUT2D eigenvalue weighted by Crippen LogP contribution is 2.36. The average molecular weight is 462 g/mol.